The standard InChI is InChI=1S/C19H19F2NO3/c1-3-4-11(2)22-18(23)14-9-16-17(10-15(14)21)25-19(24-16)12-5-7-13(20)8-6-12/h5-11,19H,3-4H2,1-2H3,(H,22,23). The Morgan fingerprint density at radius 3 is 2.44 bits per heavy atom. The molecule has 25 heavy (non-hydrogen) atoms. The highest BCUT2D eigenvalue weighted by Gasteiger charge is 2.29. The fraction of sp³-hybridized carbons (Fsp3) is 0.316. The van der Waals surface area contributed by atoms with E-state index in [0.29, 0.717) is 5.56 Å². The zero-order valence-corrected chi connectivity index (χ0v) is 14.0. The van der Waals surface area contributed by atoms with Gasteiger partial charge in [0.25, 0.3) is 12.2 Å². The summed E-state index contributed by atoms with van der Waals surface area (Å²) in [6, 6.07) is 8.07. The van der Waals surface area contributed by atoms with Crippen molar-refractivity contribution < 1.29 is 23.0 Å². The number of ether oxygens (including phenoxy) is 2. The molecule has 0 radical (unpaired) electrons. The van der Waals surface area contributed by atoms with E-state index in [0.717, 1.165) is 18.9 Å². The van der Waals surface area contributed by atoms with Gasteiger partial charge in [-0.15, -0.1) is 0 Å². The lowest BCUT2D eigenvalue weighted by molar-refractivity contribution is 0.0485. The molecule has 4 nitrogen and oxygen atoms in total. The van der Waals surface area contributed by atoms with E-state index in [9.17, 15) is 13.6 Å². The second kappa shape index (κ2) is 7.09. The summed E-state index contributed by atoms with van der Waals surface area (Å²) < 4.78 is 38.5. The number of carbonyl (C=O) groups is 1. The van der Waals surface area contributed by atoms with E-state index in [4.69, 9.17) is 9.47 Å². The highest BCUT2D eigenvalue weighted by Crippen LogP contribution is 2.41. The molecule has 0 fully saturated rings. The van der Waals surface area contributed by atoms with Crippen molar-refractivity contribution in [3.8, 4) is 11.5 Å². The van der Waals surface area contributed by atoms with Gasteiger partial charge in [-0.25, -0.2) is 8.78 Å². The molecule has 1 N–H and O–H groups in total. The zero-order chi connectivity index (χ0) is 18.0. The van der Waals surface area contributed by atoms with E-state index < -0.39 is 18.0 Å². The molecule has 2 unspecified atom stereocenters. The first kappa shape index (κ1) is 17.2. The van der Waals surface area contributed by atoms with Gasteiger partial charge in [-0.1, -0.05) is 13.3 Å². The maximum atomic E-state index is 14.3. The van der Waals surface area contributed by atoms with Gasteiger partial charge in [0.05, 0.1) is 5.56 Å². The van der Waals surface area contributed by atoms with Crippen molar-refractivity contribution in [1.82, 2.24) is 5.32 Å². The van der Waals surface area contributed by atoms with Crippen LogP contribution in [0.4, 0.5) is 8.78 Å². The highest BCUT2D eigenvalue weighted by molar-refractivity contribution is 5.95. The monoisotopic (exact) mass is 347 g/mol. The summed E-state index contributed by atoms with van der Waals surface area (Å²) >= 11 is 0. The molecule has 0 saturated carbocycles. The predicted molar refractivity (Wildman–Crippen MR) is 88.6 cm³/mol. The summed E-state index contributed by atoms with van der Waals surface area (Å²) in [6.45, 7) is 3.89. The van der Waals surface area contributed by atoms with Gasteiger partial charge in [-0.3, -0.25) is 4.79 Å². The Balaban J connectivity index is 1.78. The number of benzene rings is 2. The Morgan fingerprint density at radius 2 is 1.80 bits per heavy atom. The lowest BCUT2D eigenvalue weighted by Crippen LogP contribution is -2.32. The zero-order valence-electron chi connectivity index (χ0n) is 14.0. The quantitative estimate of drug-likeness (QED) is 0.874. The topological polar surface area (TPSA) is 47.6 Å². The molecular weight excluding hydrogens is 328 g/mol. The maximum absolute atomic E-state index is 14.3. The first-order valence-corrected chi connectivity index (χ1v) is 8.21. The van der Waals surface area contributed by atoms with Crippen LogP contribution in [0.5, 0.6) is 11.5 Å². The number of carbonyl (C=O) groups excluding carboxylic acids is 1. The minimum Gasteiger partial charge on any atom is -0.447 e. The molecule has 1 amide bonds. The van der Waals surface area contributed by atoms with E-state index in [1.807, 2.05) is 13.8 Å². The normalized spacial score (nSPS) is 16.6. The number of hydrogen-bond acceptors (Lipinski definition) is 3. The molecule has 2 atom stereocenters. The van der Waals surface area contributed by atoms with Gasteiger partial charge in [0.1, 0.15) is 11.6 Å². The van der Waals surface area contributed by atoms with Gasteiger partial charge in [0.2, 0.25) is 0 Å². The molecule has 132 valence electrons. The first-order valence-electron chi connectivity index (χ1n) is 8.21. The number of halogens is 2. The van der Waals surface area contributed by atoms with Crippen LogP contribution in [0.25, 0.3) is 0 Å². The molecule has 1 aliphatic rings. The molecule has 1 heterocycles. The Labute approximate surface area is 144 Å². The van der Waals surface area contributed by atoms with Crippen LogP contribution in [-0.2, 0) is 0 Å². The van der Waals surface area contributed by atoms with Crippen molar-refractivity contribution in [2.45, 2.75) is 39.0 Å². The molecule has 0 aromatic heterocycles. The summed E-state index contributed by atoms with van der Waals surface area (Å²) in [5, 5.41) is 2.76. The third-order valence-corrected chi connectivity index (χ3v) is 3.99. The minimum absolute atomic E-state index is 0.0470. The number of rotatable bonds is 5. The molecule has 1 aliphatic heterocycles. The van der Waals surface area contributed by atoms with Gasteiger partial charge >= 0.3 is 0 Å². The highest BCUT2D eigenvalue weighted by atomic mass is 19.1. The van der Waals surface area contributed by atoms with E-state index >= 15 is 0 Å². The molecule has 0 spiro atoms. The summed E-state index contributed by atoms with van der Waals surface area (Å²) in [7, 11) is 0. The van der Waals surface area contributed by atoms with Crippen LogP contribution in [0.1, 0.15) is 48.9 Å². The van der Waals surface area contributed by atoms with E-state index in [1.54, 1.807) is 0 Å². The fourth-order valence-corrected chi connectivity index (χ4v) is 2.71. The first-order chi connectivity index (χ1) is 12.0. The van der Waals surface area contributed by atoms with Crippen molar-refractivity contribution in [3.05, 3.63) is 59.2 Å². The summed E-state index contributed by atoms with van der Waals surface area (Å²) in [5.41, 5.74) is 0.505. The largest absolute Gasteiger partial charge is 0.447 e. The van der Waals surface area contributed by atoms with Gasteiger partial charge in [0.15, 0.2) is 11.5 Å². The lowest BCUT2D eigenvalue weighted by Gasteiger charge is -2.13. The van der Waals surface area contributed by atoms with Crippen LogP contribution in [0, 0.1) is 11.6 Å². The van der Waals surface area contributed by atoms with Gasteiger partial charge < -0.3 is 14.8 Å². The molecule has 2 aromatic rings. The molecule has 2 aromatic carbocycles. The van der Waals surface area contributed by atoms with Crippen molar-refractivity contribution >= 4 is 5.91 Å². The third-order valence-electron chi connectivity index (χ3n) is 3.99. The molecule has 0 bridgehead atoms. The van der Waals surface area contributed by atoms with Crippen LogP contribution in [0.3, 0.4) is 0 Å². The maximum Gasteiger partial charge on any atom is 0.267 e. The van der Waals surface area contributed by atoms with Crippen molar-refractivity contribution in [2.24, 2.45) is 0 Å². The number of nitrogens with one attached hydrogen (secondary N) is 1. The van der Waals surface area contributed by atoms with Crippen LogP contribution < -0.4 is 14.8 Å². The Hall–Kier alpha value is -2.63. The molecule has 0 aliphatic carbocycles. The van der Waals surface area contributed by atoms with Gasteiger partial charge in [-0.2, -0.15) is 0 Å². The average Bonchev–Trinajstić information content (AvgIpc) is 2.97. The molecule has 6 heteroatoms. The van der Waals surface area contributed by atoms with Gasteiger partial charge in [0, 0.05) is 17.7 Å². The molecule has 3 rings (SSSR count). The third kappa shape index (κ3) is 3.73. The summed E-state index contributed by atoms with van der Waals surface area (Å²) in [6.07, 6.45) is 0.932. The number of amides is 1. The van der Waals surface area contributed by atoms with E-state index in [2.05, 4.69) is 5.32 Å². The van der Waals surface area contributed by atoms with Crippen molar-refractivity contribution in [2.75, 3.05) is 0 Å². The number of fused-ring (bicyclic) bond motifs is 1. The summed E-state index contributed by atoms with van der Waals surface area (Å²) in [4.78, 5) is 12.3. The van der Waals surface area contributed by atoms with Crippen LogP contribution in [-0.4, -0.2) is 11.9 Å². The second-order valence-electron chi connectivity index (χ2n) is 6.06. The Bertz CT molecular complexity index is 777. The van der Waals surface area contributed by atoms with Crippen molar-refractivity contribution in [1.29, 1.82) is 0 Å². The molecular formula is C19H19F2NO3. The average molecular weight is 347 g/mol. The smallest absolute Gasteiger partial charge is 0.267 e. The molecule has 0 saturated heterocycles. The van der Waals surface area contributed by atoms with Crippen molar-refractivity contribution in [3.63, 3.8) is 0 Å². The fourth-order valence-electron chi connectivity index (χ4n) is 2.71. The van der Waals surface area contributed by atoms with Gasteiger partial charge in [-0.05, 0) is 43.7 Å². The summed E-state index contributed by atoms with van der Waals surface area (Å²) in [5.74, 6) is -1.04. The van der Waals surface area contributed by atoms with E-state index in [1.165, 1.54) is 30.3 Å². The lowest BCUT2D eigenvalue weighted by atomic mass is 10.1. The van der Waals surface area contributed by atoms with E-state index in [-0.39, 0.29) is 28.9 Å². The van der Waals surface area contributed by atoms with Crippen LogP contribution in [0.2, 0.25) is 0 Å². The second-order valence-corrected chi connectivity index (χ2v) is 6.06. The Morgan fingerprint density at radius 1 is 1.16 bits per heavy atom. The Kier molecular flexibility index (Phi) is 4.88. The minimum atomic E-state index is -0.799. The number of hydrogen-bond donors (Lipinski definition) is 1. The van der Waals surface area contributed by atoms with Crippen LogP contribution in [0.15, 0.2) is 36.4 Å². The predicted octanol–water partition coefficient (Wildman–Crippen LogP) is 4.35. The SMILES string of the molecule is CCCC(C)NC(=O)c1cc2c(cc1F)OC(c1ccc(F)cc1)O2. The van der Waals surface area contributed by atoms with Crippen LogP contribution >= 0.6 is 0 Å².